The first-order valence-corrected chi connectivity index (χ1v) is 8.97. The lowest BCUT2D eigenvalue weighted by Gasteiger charge is -2.19. The molecular formula is C23H16N2O4. The fraction of sp³-hybridized carbons (Fsp3) is 0.0435. The second-order valence-electron chi connectivity index (χ2n) is 6.42. The van der Waals surface area contributed by atoms with E-state index in [1.807, 2.05) is 60.7 Å². The monoisotopic (exact) mass is 384 g/mol. The number of esters is 1. The molecule has 142 valence electrons. The van der Waals surface area contributed by atoms with Crippen molar-refractivity contribution in [3.8, 4) is 0 Å². The number of rotatable bonds is 5. The lowest BCUT2D eigenvalue weighted by atomic mass is 10.0. The summed E-state index contributed by atoms with van der Waals surface area (Å²) in [5, 5.41) is 12.9. The molecule has 0 fully saturated rings. The van der Waals surface area contributed by atoms with E-state index in [2.05, 4.69) is 4.98 Å². The van der Waals surface area contributed by atoms with Crippen molar-refractivity contribution in [2.45, 2.75) is 6.10 Å². The van der Waals surface area contributed by atoms with Crippen LogP contribution in [0.3, 0.4) is 0 Å². The van der Waals surface area contributed by atoms with Gasteiger partial charge in [-0.05, 0) is 23.1 Å². The van der Waals surface area contributed by atoms with Crippen LogP contribution in [0.15, 0.2) is 91.1 Å². The van der Waals surface area contributed by atoms with Gasteiger partial charge in [-0.2, -0.15) is 0 Å². The molecule has 6 heteroatoms. The summed E-state index contributed by atoms with van der Waals surface area (Å²) in [6, 6.07) is 24.4. The van der Waals surface area contributed by atoms with E-state index < -0.39 is 17.0 Å². The highest BCUT2D eigenvalue weighted by Gasteiger charge is 2.24. The third-order valence-electron chi connectivity index (χ3n) is 4.57. The maximum absolute atomic E-state index is 12.8. The summed E-state index contributed by atoms with van der Waals surface area (Å²) in [6.07, 6.45) is 0.920. The van der Waals surface area contributed by atoms with Gasteiger partial charge in [0.15, 0.2) is 6.10 Å². The van der Waals surface area contributed by atoms with E-state index >= 15 is 0 Å². The van der Waals surface area contributed by atoms with E-state index in [1.165, 1.54) is 24.3 Å². The number of benzene rings is 3. The van der Waals surface area contributed by atoms with Crippen LogP contribution >= 0.6 is 0 Å². The SMILES string of the molecule is O=C(O[C@H](c1ccccc1)c1nccc2ccccc12)c1cccc([N+](=O)[O-])c1. The van der Waals surface area contributed by atoms with Crippen LogP contribution in [0, 0.1) is 10.1 Å². The van der Waals surface area contributed by atoms with Crippen LogP contribution < -0.4 is 0 Å². The summed E-state index contributed by atoms with van der Waals surface area (Å²) < 4.78 is 5.83. The van der Waals surface area contributed by atoms with Crippen molar-refractivity contribution in [3.63, 3.8) is 0 Å². The van der Waals surface area contributed by atoms with Crippen molar-refractivity contribution in [3.05, 3.63) is 118 Å². The fourth-order valence-electron chi connectivity index (χ4n) is 3.18. The summed E-state index contributed by atoms with van der Waals surface area (Å²) in [5.74, 6) is -0.655. The predicted molar refractivity (Wildman–Crippen MR) is 109 cm³/mol. The molecule has 6 nitrogen and oxygen atoms in total. The molecule has 0 aliphatic carbocycles. The topological polar surface area (TPSA) is 82.3 Å². The standard InChI is InChI=1S/C23H16N2O4/c26-23(18-10-6-11-19(15-18)25(27)28)29-22(17-8-2-1-3-9-17)21-20-12-5-4-7-16(20)13-14-24-21/h1-15,22H/t22-/m1/s1. The minimum absolute atomic E-state index is 0.111. The number of carbonyl (C=O) groups is 1. The Kier molecular flexibility index (Phi) is 4.99. The van der Waals surface area contributed by atoms with Gasteiger partial charge in [0.1, 0.15) is 0 Å². The fourth-order valence-corrected chi connectivity index (χ4v) is 3.18. The highest BCUT2D eigenvalue weighted by Crippen LogP contribution is 2.31. The van der Waals surface area contributed by atoms with E-state index in [1.54, 1.807) is 6.20 Å². The Morgan fingerprint density at radius 1 is 0.931 bits per heavy atom. The summed E-state index contributed by atoms with van der Waals surface area (Å²) in [6.45, 7) is 0. The average Bonchev–Trinajstić information content (AvgIpc) is 2.77. The Morgan fingerprint density at radius 2 is 1.69 bits per heavy atom. The number of carbonyl (C=O) groups excluding carboxylic acids is 1. The van der Waals surface area contributed by atoms with Gasteiger partial charge in [-0.15, -0.1) is 0 Å². The molecule has 4 aromatic rings. The maximum Gasteiger partial charge on any atom is 0.339 e. The normalized spacial score (nSPS) is 11.7. The Morgan fingerprint density at radius 3 is 2.48 bits per heavy atom. The molecule has 4 rings (SSSR count). The number of nitro benzene ring substituents is 1. The van der Waals surface area contributed by atoms with Crippen LogP contribution in [0.1, 0.15) is 27.7 Å². The first-order valence-electron chi connectivity index (χ1n) is 8.97. The second-order valence-corrected chi connectivity index (χ2v) is 6.42. The zero-order valence-corrected chi connectivity index (χ0v) is 15.3. The summed E-state index contributed by atoms with van der Waals surface area (Å²) >= 11 is 0. The number of hydrogen-bond donors (Lipinski definition) is 0. The first kappa shape index (κ1) is 18.3. The van der Waals surface area contributed by atoms with E-state index in [4.69, 9.17) is 4.74 Å². The molecule has 0 saturated heterocycles. The molecule has 0 spiro atoms. The van der Waals surface area contributed by atoms with Gasteiger partial charge in [0.2, 0.25) is 0 Å². The minimum Gasteiger partial charge on any atom is -0.447 e. The molecule has 3 aromatic carbocycles. The highest BCUT2D eigenvalue weighted by molar-refractivity contribution is 5.91. The number of nitro groups is 1. The van der Waals surface area contributed by atoms with Crippen LogP contribution in [-0.4, -0.2) is 15.9 Å². The van der Waals surface area contributed by atoms with Crippen molar-refractivity contribution >= 4 is 22.4 Å². The summed E-state index contributed by atoms with van der Waals surface area (Å²) in [5.41, 5.74) is 1.31. The molecule has 1 aromatic heterocycles. The first-order chi connectivity index (χ1) is 14.1. The molecule has 1 heterocycles. The maximum atomic E-state index is 12.8. The largest absolute Gasteiger partial charge is 0.447 e. The third kappa shape index (κ3) is 3.82. The Balaban J connectivity index is 1.77. The van der Waals surface area contributed by atoms with Crippen molar-refractivity contribution in [2.75, 3.05) is 0 Å². The third-order valence-corrected chi connectivity index (χ3v) is 4.57. The molecule has 1 atom stereocenters. The van der Waals surface area contributed by atoms with E-state index in [9.17, 15) is 14.9 Å². The van der Waals surface area contributed by atoms with E-state index in [0.717, 1.165) is 16.3 Å². The summed E-state index contributed by atoms with van der Waals surface area (Å²) in [4.78, 5) is 27.8. The minimum atomic E-state index is -0.755. The Labute approximate surface area is 166 Å². The van der Waals surface area contributed by atoms with Crippen molar-refractivity contribution in [1.29, 1.82) is 0 Å². The van der Waals surface area contributed by atoms with Crippen LogP contribution in [0.4, 0.5) is 5.69 Å². The van der Waals surface area contributed by atoms with Gasteiger partial charge in [-0.3, -0.25) is 15.1 Å². The Bertz CT molecular complexity index is 1190. The molecular weight excluding hydrogens is 368 g/mol. The zero-order chi connectivity index (χ0) is 20.2. The number of non-ortho nitro benzene ring substituents is 1. The zero-order valence-electron chi connectivity index (χ0n) is 15.3. The molecule has 0 unspecified atom stereocenters. The van der Waals surface area contributed by atoms with Gasteiger partial charge in [0, 0.05) is 23.7 Å². The molecule has 0 radical (unpaired) electrons. The average molecular weight is 384 g/mol. The lowest BCUT2D eigenvalue weighted by molar-refractivity contribution is -0.384. The second kappa shape index (κ2) is 7.90. The summed E-state index contributed by atoms with van der Waals surface area (Å²) in [7, 11) is 0. The quantitative estimate of drug-likeness (QED) is 0.272. The van der Waals surface area contributed by atoms with Gasteiger partial charge in [0.05, 0.1) is 16.2 Å². The van der Waals surface area contributed by atoms with E-state index in [0.29, 0.717) is 5.69 Å². The highest BCUT2D eigenvalue weighted by atomic mass is 16.6. The van der Waals surface area contributed by atoms with Crippen LogP contribution in [-0.2, 0) is 4.74 Å². The molecule has 0 aliphatic rings. The predicted octanol–water partition coefficient (Wildman–Crippen LogP) is 5.09. The van der Waals surface area contributed by atoms with E-state index in [-0.39, 0.29) is 11.3 Å². The van der Waals surface area contributed by atoms with Crippen LogP contribution in [0.2, 0.25) is 0 Å². The van der Waals surface area contributed by atoms with Gasteiger partial charge in [-0.1, -0.05) is 60.7 Å². The van der Waals surface area contributed by atoms with Crippen LogP contribution in [0.25, 0.3) is 10.8 Å². The molecule has 0 saturated carbocycles. The smallest absolute Gasteiger partial charge is 0.339 e. The van der Waals surface area contributed by atoms with Gasteiger partial charge >= 0.3 is 5.97 Å². The number of ether oxygens (including phenoxy) is 1. The lowest BCUT2D eigenvalue weighted by Crippen LogP contribution is -2.14. The number of hydrogen-bond acceptors (Lipinski definition) is 5. The van der Waals surface area contributed by atoms with Crippen molar-refractivity contribution < 1.29 is 14.5 Å². The van der Waals surface area contributed by atoms with Crippen molar-refractivity contribution in [1.82, 2.24) is 4.98 Å². The van der Waals surface area contributed by atoms with Crippen molar-refractivity contribution in [2.24, 2.45) is 0 Å². The number of aromatic nitrogens is 1. The van der Waals surface area contributed by atoms with Gasteiger partial charge in [-0.25, -0.2) is 4.79 Å². The number of nitrogens with zero attached hydrogens (tertiary/aromatic N) is 2. The molecule has 29 heavy (non-hydrogen) atoms. The van der Waals surface area contributed by atoms with Crippen LogP contribution in [0.5, 0.6) is 0 Å². The molecule has 0 aliphatic heterocycles. The number of fused-ring (bicyclic) bond motifs is 1. The molecule has 0 N–H and O–H groups in total. The molecule has 0 bridgehead atoms. The van der Waals surface area contributed by atoms with Gasteiger partial charge < -0.3 is 4.74 Å². The Hall–Kier alpha value is -4.06. The van der Waals surface area contributed by atoms with Gasteiger partial charge in [0.25, 0.3) is 5.69 Å². The number of pyridine rings is 1. The molecule has 0 amide bonds.